The maximum Gasteiger partial charge on any atom is 0.311 e. The number of Topliss-reactive ketones (excluding diaryl/α,β-unsaturated/α-hetero) is 1. The SMILES string of the molecule is CC(=O)C1CCC(CCC(=O)OC(C)OC(=O)C(C)C)CC1. The minimum absolute atomic E-state index is 0.207. The van der Waals surface area contributed by atoms with Gasteiger partial charge in [0.05, 0.1) is 5.92 Å². The van der Waals surface area contributed by atoms with Crippen LogP contribution in [-0.4, -0.2) is 24.0 Å². The quantitative estimate of drug-likeness (QED) is 0.533. The van der Waals surface area contributed by atoms with E-state index in [0.717, 1.165) is 32.1 Å². The number of esters is 2. The number of carbonyl (C=O) groups is 3. The lowest BCUT2D eigenvalue weighted by Crippen LogP contribution is -2.25. The van der Waals surface area contributed by atoms with Crippen molar-refractivity contribution in [3.05, 3.63) is 0 Å². The van der Waals surface area contributed by atoms with Crippen LogP contribution >= 0.6 is 0 Å². The molecule has 0 aromatic rings. The van der Waals surface area contributed by atoms with E-state index in [1.165, 1.54) is 0 Å². The van der Waals surface area contributed by atoms with Crippen LogP contribution in [0.1, 0.15) is 66.2 Å². The van der Waals surface area contributed by atoms with Crippen LogP contribution in [0.15, 0.2) is 0 Å². The zero-order valence-electron chi connectivity index (χ0n) is 14.1. The standard InChI is InChI=1S/C17H28O5/c1-11(2)17(20)22-13(4)21-16(19)10-7-14-5-8-15(9-6-14)12(3)18/h11,13-15H,5-10H2,1-4H3. The van der Waals surface area contributed by atoms with E-state index in [2.05, 4.69) is 0 Å². The van der Waals surface area contributed by atoms with E-state index in [1.54, 1.807) is 27.7 Å². The highest BCUT2D eigenvalue weighted by Gasteiger charge is 2.25. The van der Waals surface area contributed by atoms with Crippen LogP contribution in [0.3, 0.4) is 0 Å². The highest BCUT2D eigenvalue weighted by atomic mass is 16.7. The molecule has 0 aliphatic heterocycles. The lowest BCUT2D eigenvalue weighted by Gasteiger charge is -2.26. The zero-order chi connectivity index (χ0) is 16.7. The number of ether oxygens (including phenoxy) is 2. The van der Waals surface area contributed by atoms with Crippen LogP contribution in [-0.2, 0) is 23.9 Å². The second kappa shape index (κ2) is 8.91. The Hall–Kier alpha value is -1.39. The third-order valence-electron chi connectivity index (χ3n) is 4.23. The maximum atomic E-state index is 11.8. The maximum absolute atomic E-state index is 11.8. The molecule has 0 bridgehead atoms. The molecule has 0 spiro atoms. The van der Waals surface area contributed by atoms with Gasteiger partial charge in [0, 0.05) is 19.3 Å². The summed E-state index contributed by atoms with van der Waals surface area (Å²) in [5, 5.41) is 0. The van der Waals surface area contributed by atoms with Crippen molar-refractivity contribution in [2.45, 2.75) is 72.5 Å². The Kier molecular flexibility index (Phi) is 7.56. The first kappa shape index (κ1) is 18.7. The van der Waals surface area contributed by atoms with E-state index in [9.17, 15) is 14.4 Å². The normalized spacial score (nSPS) is 23.0. The average Bonchev–Trinajstić information content (AvgIpc) is 2.45. The topological polar surface area (TPSA) is 69.7 Å². The fourth-order valence-corrected chi connectivity index (χ4v) is 2.75. The zero-order valence-corrected chi connectivity index (χ0v) is 14.1. The Bertz CT molecular complexity index is 394. The van der Waals surface area contributed by atoms with Gasteiger partial charge in [0.1, 0.15) is 5.78 Å². The predicted molar refractivity (Wildman–Crippen MR) is 81.8 cm³/mol. The van der Waals surface area contributed by atoms with Gasteiger partial charge in [0.15, 0.2) is 0 Å². The second-order valence-electron chi connectivity index (χ2n) is 6.52. The van der Waals surface area contributed by atoms with Crippen molar-refractivity contribution in [3.63, 3.8) is 0 Å². The van der Waals surface area contributed by atoms with Gasteiger partial charge in [-0.3, -0.25) is 14.4 Å². The van der Waals surface area contributed by atoms with Crippen LogP contribution in [0.25, 0.3) is 0 Å². The molecule has 1 atom stereocenters. The monoisotopic (exact) mass is 312 g/mol. The van der Waals surface area contributed by atoms with Gasteiger partial charge in [-0.15, -0.1) is 0 Å². The summed E-state index contributed by atoms with van der Waals surface area (Å²) in [6, 6.07) is 0. The Morgan fingerprint density at radius 3 is 2.09 bits per heavy atom. The van der Waals surface area contributed by atoms with E-state index in [4.69, 9.17) is 9.47 Å². The van der Waals surface area contributed by atoms with E-state index in [-0.39, 0.29) is 29.6 Å². The lowest BCUT2D eigenvalue weighted by molar-refractivity contribution is -0.187. The predicted octanol–water partition coefficient (Wildman–Crippen LogP) is 3.25. The van der Waals surface area contributed by atoms with Crippen LogP contribution in [0, 0.1) is 17.8 Å². The molecule has 0 heterocycles. The van der Waals surface area contributed by atoms with E-state index >= 15 is 0 Å². The summed E-state index contributed by atoms with van der Waals surface area (Å²) in [4.78, 5) is 34.5. The van der Waals surface area contributed by atoms with Crippen molar-refractivity contribution in [2.24, 2.45) is 17.8 Å². The molecule has 1 saturated carbocycles. The van der Waals surface area contributed by atoms with Crippen molar-refractivity contribution < 1.29 is 23.9 Å². The highest BCUT2D eigenvalue weighted by molar-refractivity contribution is 5.78. The van der Waals surface area contributed by atoms with Gasteiger partial charge in [-0.1, -0.05) is 13.8 Å². The summed E-state index contributed by atoms with van der Waals surface area (Å²) in [5.41, 5.74) is 0. The third-order valence-corrected chi connectivity index (χ3v) is 4.23. The molecular weight excluding hydrogens is 284 g/mol. The Morgan fingerprint density at radius 1 is 1.00 bits per heavy atom. The fourth-order valence-electron chi connectivity index (χ4n) is 2.75. The molecule has 5 nitrogen and oxygen atoms in total. The summed E-state index contributed by atoms with van der Waals surface area (Å²) in [6.45, 7) is 6.67. The molecule has 0 aromatic heterocycles. The molecule has 1 rings (SSSR count). The molecule has 0 saturated heterocycles. The van der Waals surface area contributed by atoms with Gasteiger partial charge in [0.2, 0.25) is 6.29 Å². The van der Waals surface area contributed by atoms with E-state index < -0.39 is 6.29 Å². The molecule has 1 aliphatic carbocycles. The Morgan fingerprint density at radius 2 is 1.59 bits per heavy atom. The van der Waals surface area contributed by atoms with Gasteiger partial charge >= 0.3 is 11.9 Å². The van der Waals surface area contributed by atoms with Crippen molar-refractivity contribution in [3.8, 4) is 0 Å². The summed E-state index contributed by atoms with van der Waals surface area (Å²) < 4.78 is 10.1. The number of rotatable bonds is 7. The molecule has 1 aliphatic rings. The molecule has 0 radical (unpaired) electrons. The van der Waals surface area contributed by atoms with E-state index in [1.807, 2.05) is 0 Å². The average molecular weight is 312 g/mol. The summed E-state index contributed by atoms with van der Waals surface area (Å²) in [7, 11) is 0. The van der Waals surface area contributed by atoms with Crippen LogP contribution < -0.4 is 0 Å². The first-order valence-electron chi connectivity index (χ1n) is 8.20. The number of carbonyl (C=O) groups excluding carboxylic acids is 3. The third kappa shape index (κ3) is 6.58. The van der Waals surface area contributed by atoms with Gasteiger partial charge in [-0.05, 0) is 44.9 Å². The molecule has 1 unspecified atom stereocenters. The molecule has 1 fully saturated rings. The van der Waals surface area contributed by atoms with Crippen molar-refractivity contribution in [1.29, 1.82) is 0 Å². The second-order valence-corrected chi connectivity index (χ2v) is 6.52. The minimum atomic E-state index is -0.837. The summed E-state index contributed by atoms with van der Waals surface area (Å²) in [5.74, 6) is 0.0206. The highest BCUT2D eigenvalue weighted by Crippen LogP contribution is 2.32. The van der Waals surface area contributed by atoms with Crippen LogP contribution in [0.2, 0.25) is 0 Å². The number of ketones is 1. The van der Waals surface area contributed by atoms with Crippen molar-refractivity contribution in [2.75, 3.05) is 0 Å². The molecule has 0 amide bonds. The van der Waals surface area contributed by atoms with Gasteiger partial charge < -0.3 is 9.47 Å². The summed E-state index contributed by atoms with van der Waals surface area (Å²) >= 11 is 0. The lowest BCUT2D eigenvalue weighted by atomic mass is 9.78. The van der Waals surface area contributed by atoms with Gasteiger partial charge in [-0.25, -0.2) is 0 Å². The minimum Gasteiger partial charge on any atom is -0.425 e. The molecule has 5 heteroatoms. The Balaban J connectivity index is 2.21. The van der Waals surface area contributed by atoms with Crippen molar-refractivity contribution >= 4 is 17.7 Å². The fraction of sp³-hybridized carbons (Fsp3) is 0.824. The Labute approximate surface area is 132 Å². The van der Waals surface area contributed by atoms with E-state index in [0.29, 0.717) is 12.3 Å². The molecule has 0 N–H and O–H groups in total. The van der Waals surface area contributed by atoms with Crippen molar-refractivity contribution in [1.82, 2.24) is 0 Å². The number of hydrogen-bond donors (Lipinski definition) is 0. The first-order chi connectivity index (χ1) is 10.3. The molecule has 22 heavy (non-hydrogen) atoms. The largest absolute Gasteiger partial charge is 0.425 e. The molecule has 0 aromatic carbocycles. The first-order valence-corrected chi connectivity index (χ1v) is 8.20. The smallest absolute Gasteiger partial charge is 0.311 e. The molecular formula is C17H28O5. The summed E-state index contributed by atoms with van der Waals surface area (Å²) in [6.07, 6.45) is 4.11. The van der Waals surface area contributed by atoms with Gasteiger partial charge in [-0.2, -0.15) is 0 Å². The number of hydrogen-bond acceptors (Lipinski definition) is 5. The van der Waals surface area contributed by atoms with Crippen LogP contribution in [0.4, 0.5) is 0 Å². The van der Waals surface area contributed by atoms with Gasteiger partial charge in [0.25, 0.3) is 0 Å². The molecule has 126 valence electrons. The van der Waals surface area contributed by atoms with Crippen LogP contribution in [0.5, 0.6) is 0 Å².